The molecule has 0 spiro atoms. The Balaban J connectivity index is 1.54. The van der Waals surface area contributed by atoms with Crippen molar-refractivity contribution in [3.8, 4) is 10.6 Å². The van der Waals surface area contributed by atoms with Crippen LogP contribution in [-0.4, -0.2) is 31.6 Å². The Bertz CT molecular complexity index is 1310. The van der Waals surface area contributed by atoms with E-state index in [-0.39, 0.29) is 10.5 Å². The molecule has 0 aliphatic heterocycles. The van der Waals surface area contributed by atoms with Gasteiger partial charge in [0.15, 0.2) is 0 Å². The first-order valence-corrected chi connectivity index (χ1v) is 11.5. The van der Waals surface area contributed by atoms with E-state index in [9.17, 15) is 13.2 Å². The molecule has 0 saturated carbocycles. The van der Waals surface area contributed by atoms with Gasteiger partial charge in [-0.25, -0.2) is 8.42 Å². The Hall–Kier alpha value is -3.56. The van der Waals surface area contributed by atoms with Crippen molar-refractivity contribution < 1.29 is 13.2 Å². The molecule has 0 atom stereocenters. The van der Waals surface area contributed by atoms with Crippen LogP contribution in [0.5, 0.6) is 0 Å². The number of amides is 1. The smallest absolute Gasteiger partial charge is 0.264 e. The van der Waals surface area contributed by atoms with E-state index in [0.717, 1.165) is 5.56 Å². The van der Waals surface area contributed by atoms with E-state index < -0.39 is 15.9 Å². The minimum absolute atomic E-state index is 0.0220. The van der Waals surface area contributed by atoms with Crippen molar-refractivity contribution in [2.75, 3.05) is 16.7 Å². The highest BCUT2D eigenvalue weighted by molar-refractivity contribution is 7.92. The number of aromatic nitrogens is 2. The van der Waals surface area contributed by atoms with Crippen molar-refractivity contribution >= 4 is 38.1 Å². The van der Waals surface area contributed by atoms with Crippen LogP contribution in [0.2, 0.25) is 0 Å². The van der Waals surface area contributed by atoms with Gasteiger partial charge < -0.3 is 0 Å². The van der Waals surface area contributed by atoms with E-state index in [4.69, 9.17) is 0 Å². The monoisotopic (exact) mass is 450 g/mol. The first kappa shape index (κ1) is 20.7. The van der Waals surface area contributed by atoms with Crippen LogP contribution >= 0.6 is 11.3 Å². The van der Waals surface area contributed by atoms with Crippen molar-refractivity contribution in [3.05, 3.63) is 90.5 Å². The van der Waals surface area contributed by atoms with Crippen LogP contribution in [0, 0.1) is 0 Å². The van der Waals surface area contributed by atoms with Gasteiger partial charge in [0, 0.05) is 18.2 Å². The molecular weight excluding hydrogens is 432 g/mol. The number of nitrogens with one attached hydrogen (secondary N) is 1. The molecule has 31 heavy (non-hydrogen) atoms. The molecule has 0 aliphatic rings. The molecule has 0 bridgehead atoms. The van der Waals surface area contributed by atoms with Crippen LogP contribution in [0.25, 0.3) is 10.6 Å². The van der Waals surface area contributed by atoms with Crippen molar-refractivity contribution in [1.82, 2.24) is 10.2 Å². The molecule has 1 N–H and O–H groups in total. The van der Waals surface area contributed by atoms with Crippen molar-refractivity contribution in [2.45, 2.75) is 4.90 Å². The first-order valence-electron chi connectivity index (χ1n) is 9.29. The number of para-hydroxylation sites is 1. The van der Waals surface area contributed by atoms with E-state index in [1.54, 1.807) is 30.3 Å². The second kappa shape index (κ2) is 8.66. The molecule has 0 saturated heterocycles. The Morgan fingerprint density at radius 2 is 1.58 bits per heavy atom. The second-order valence-electron chi connectivity index (χ2n) is 6.57. The zero-order valence-corrected chi connectivity index (χ0v) is 18.1. The third-order valence-electron chi connectivity index (χ3n) is 4.54. The standard InChI is InChI=1S/C22H18N4O3S2/c1-26(18-12-6-3-7-13-18)31(28,29)19-14-8-11-17(15-19)20(27)23-22-25-24-21(30-22)16-9-4-2-5-10-16/h2-15H,1H3,(H,23,25,27). The van der Waals surface area contributed by atoms with Crippen LogP contribution in [0.3, 0.4) is 0 Å². The fourth-order valence-electron chi connectivity index (χ4n) is 2.87. The number of sulfonamides is 1. The predicted octanol–water partition coefficient (Wildman–Crippen LogP) is 4.28. The largest absolute Gasteiger partial charge is 0.296 e. The summed E-state index contributed by atoms with van der Waals surface area (Å²) in [6.45, 7) is 0. The summed E-state index contributed by atoms with van der Waals surface area (Å²) >= 11 is 1.24. The Morgan fingerprint density at radius 3 is 2.29 bits per heavy atom. The number of carbonyl (C=O) groups is 1. The van der Waals surface area contributed by atoms with Crippen LogP contribution in [0.15, 0.2) is 89.8 Å². The summed E-state index contributed by atoms with van der Waals surface area (Å²) in [5.41, 5.74) is 1.64. The van der Waals surface area contributed by atoms with Gasteiger partial charge in [-0.3, -0.25) is 14.4 Å². The summed E-state index contributed by atoms with van der Waals surface area (Å²) in [6, 6.07) is 24.2. The molecule has 0 unspecified atom stereocenters. The lowest BCUT2D eigenvalue weighted by atomic mass is 10.2. The van der Waals surface area contributed by atoms with E-state index in [1.165, 1.54) is 40.9 Å². The van der Waals surface area contributed by atoms with E-state index in [1.807, 2.05) is 36.4 Å². The van der Waals surface area contributed by atoms with Gasteiger partial charge in [0.05, 0.1) is 10.6 Å². The van der Waals surface area contributed by atoms with Crippen molar-refractivity contribution in [2.24, 2.45) is 0 Å². The van der Waals surface area contributed by atoms with Gasteiger partial charge in [0.25, 0.3) is 15.9 Å². The fourth-order valence-corrected chi connectivity index (χ4v) is 4.86. The molecule has 7 nitrogen and oxygen atoms in total. The number of carbonyl (C=O) groups excluding carboxylic acids is 1. The highest BCUT2D eigenvalue weighted by Crippen LogP contribution is 2.27. The SMILES string of the molecule is CN(c1ccccc1)S(=O)(=O)c1cccc(C(=O)Nc2nnc(-c3ccccc3)s2)c1. The van der Waals surface area contributed by atoms with E-state index in [0.29, 0.717) is 15.8 Å². The van der Waals surface area contributed by atoms with Gasteiger partial charge in [-0.05, 0) is 30.3 Å². The average molecular weight is 451 g/mol. The van der Waals surface area contributed by atoms with Gasteiger partial charge in [0.1, 0.15) is 5.01 Å². The number of nitrogens with zero attached hydrogens (tertiary/aromatic N) is 3. The zero-order chi connectivity index (χ0) is 21.8. The maximum atomic E-state index is 13.0. The van der Waals surface area contributed by atoms with Gasteiger partial charge in [-0.2, -0.15) is 0 Å². The van der Waals surface area contributed by atoms with Gasteiger partial charge in [-0.15, -0.1) is 10.2 Å². The molecule has 1 aromatic heterocycles. The van der Waals surface area contributed by atoms with Gasteiger partial charge in [0.2, 0.25) is 5.13 Å². The number of hydrogen-bond acceptors (Lipinski definition) is 6. The van der Waals surface area contributed by atoms with Crippen LogP contribution in [0.1, 0.15) is 10.4 Å². The Morgan fingerprint density at radius 1 is 0.903 bits per heavy atom. The molecule has 3 aromatic carbocycles. The lowest BCUT2D eigenvalue weighted by molar-refractivity contribution is 0.102. The molecule has 156 valence electrons. The molecular formula is C22H18N4O3S2. The Kier molecular flexibility index (Phi) is 5.79. The number of anilines is 2. The highest BCUT2D eigenvalue weighted by Gasteiger charge is 2.22. The average Bonchev–Trinajstić information content (AvgIpc) is 3.28. The maximum Gasteiger partial charge on any atom is 0.264 e. The lowest BCUT2D eigenvalue weighted by Crippen LogP contribution is -2.26. The van der Waals surface area contributed by atoms with E-state index in [2.05, 4.69) is 15.5 Å². The van der Waals surface area contributed by atoms with Crippen molar-refractivity contribution in [1.29, 1.82) is 0 Å². The first-order chi connectivity index (χ1) is 14.9. The van der Waals surface area contributed by atoms with E-state index >= 15 is 0 Å². The van der Waals surface area contributed by atoms with Gasteiger partial charge >= 0.3 is 0 Å². The van der Waals surface area contributed by atoms with Crippen LogP contribution in [-0.2, 0) is 10.0 Å². The quantitative estimate of drug-likeness (QED) is 0.473. The molecule has 0 aliphatic carbocycles. The van der Waals surface area contributed by atoms with Crippen LogP contribution < -0.4 is 9.62 Å². The summed E-state index contributed by atoms with van der Waals surface area (Å²) in [5.74, 6) is -0.463. The van der Waals surface area contributed by atoms with Crippen molar-refractivity contribution in [3.63, 3.8) is 0 Å². The number of hydrogen-bond donors (Lipinski definition) is 1. The molecule has 0 radical (unpaired) electrons. The maximum absolute atomic E-state index is 13.0. The number of rotatable bonds is 6. The Labute approximate surface area is 184 Å². The third-order valence-corrected chi connectivity index (χ3v) is 7.21. The summed E-state index contributed by atoms with van der Waals surface area (Å²) in [5, 5.41) is 11.8. The summed E-state index contributed by atoms with van der Waals surface area (Å²) in [4.78, 5) is 12.7. The highest BCUT2D eigenvalue weighted by atomic mass is 32.2. The lowest BCUT2D eigenvalue weighted by Gasteiger charge is -2.19. The minimum atomic E-state index is -3.82. The fraction of sp³-hybridized carbons (Fsp3) is 0.0455. The number of benzene rings is 3. The summed E-state index contributed by atoms with van der Waals surface area (Å²) in [6.07, 6.45) is 0. The normalized spacial score (nSPS) is 11.1. The predicted molar refractivity (Wildman–Crippen MR) is 122 cm³/mol. The van der Waals surface area contributed by atoms with Gasteiger partial charge in [-0.1, -0.05) is 65.9 Å². The molecule has 0 fully saturated rings. The zero-order valence-electron chi connectivity index (χ0n) is 16.5. The molecule has 4 aromatic rings. The summed E-state index contributed by atoms with van der Waals surface area (Å²) in [7, 11) is -2.35. The van der Waals surface area contributed by atoms with Crippen LogP contribution in [0.4, 0.5) is 10.8 Å². The topological polar surface area (TPSA) is 92.3 Å². The molecule has 1 heterocycles. The second-order valence-corrected chi connectivity index (χ2v) is 9.52. The molecule has 9 heteroatoms. The molecule has 4 rings (SSSR count). The third kappa shape index (κ3) is 4.47. The molecule has 1 amide bonds. The summed E-state index contributed by atoms with van der Waals surface area (Å²) < 4.78 is 27.2. The minimum Gasteiger partial charge on any atom is -0.296 e.